The van der Waals surface area contributed by atoms with Crippen LogP contribution in [0.3, 0.4) is 0 Å². The highest BCUT2D eigenvalue weighted by Crippen LogP contribution is 2.46. The van der Waals surface area contributed by atoms with Crippen LogP contribution in [-0.2, 0) is 0 Å². The molecule has 10 nitrogen and oxygen atoms in total. The predicted octanol–water partition coefficient (Wildman–Crippen LogP) is 5.61. The Labute approximate surface area is 252 Å². The molecular formula is C32H29F2N9O. The van der Waals surface area contributed by atoms with Gasteiger partial charge in [-0.3, -0.25) is 4.79 Å². The Morgan fingerprint density at radius 3 is 2.55 bits per heavy atom. The summed E-state index contributed by atoms with van der Waals surface area (Å²) in [6, 6.07) is 15.0. The van der Waals surface area contributed by atoms with Crippen LogP contribution in [0.1, 0.15) is 60.2 Å². The number of hydrogen-bond donors (Lipinski definition) is 1. The van der Waals surface area contributed by atoms with Crippen LogP contribution >= 0.6 is 0 Å². The lowest BCUT2D eigenvalue weighted by Crippen LogP contribution is -2.35. The maximum Gasteiger partial charge on any atom is 0.257 e. The third-order valence-corrected chi connectivity index (χ3v) is 8.25. The van der Waals surface area contributed by atoms with Crippen molar-refractivity contribution in [2.45, 2.75) is 44.1 Å². The number of piperidine rings is 1. The van der Waals surface area contributed by atoms with Crippen LogP contribution < -0.4 is 5.32 Å². The van der Waals surface area contributed by atoms with Crippen molar-refractivity contribution in [2.75, 3.05) is 25.0 Å². The fourth-order valence-corrected chi connectivity index (χ4v) is 5.91. The standard InChI is InChI=1S/C32H29F2N9O/c33-23-6-4-20(5-7-23)29-30(43(31(39-29)21-2-3-21)24-11-16-41(17-12-24)15-1-13-35)25-8-9-28-37-27(19-42(28)40-25)38-32(44)22-10-14-36-26(34)18-22/h4-10,14,18-19,21,24H,1-3,11-12,15-17H2,(H,38,44). The fourth-order valence-electron chi connectivity index (χ4n) is 5.91. The summed E-state index contributed by atoms with van der Waals surface area (Å²) in [6.07, 6.45) is 7.32. The van der Waals surface area contributed by atoms with Gasteiger partial charge in [-0.2, -0.15) is 14.8 Å². The van der Waals surface area contributed by atoms with Gasteiger partial charge in [-0.25, -0.2) is 23.9 Å². The van der Waals surface area contributed by atoms with Crippen LogP contribution in [0.25, 0.3) is 28.3 Å². The van der Waals surface area contributed by atoms with E-state index in [9.17, 15) is 13.6 Å². The van der Waals surface area contributed by atoms with E-state index >= 15 is 0 Å². The number of fused-ring (bicyclic) bond motifs is 1. The number of pyridine rings is 1. The first-order valence-corrected chi connectivity index (χ1v) is 14.7. The summed E-state index contributed by atoms with van der Waals surface area (Å²) >= 11 is 0. The Bertz CT molecular complexity index is 1880. The molecule has 1 saturated carbocycles. The summed E-state index contributed by atoms with van der Waals surface area (Å²) in [4.78, 5) is 28.2. The second-order valence-electron chi connectivity index (χ2n) is 11.3. The van der Waals surface area contributed by atoms with E-state index in [-0.39, 0.29) is 23.2 Å². The molecule has 0 radical (unpaired) electrons. The minimum Gasteiger partial charge on any atom is -0.323 e. The van der Waals surface area contributed by atoms with Crippen LogP contribution in [0, 0.1) is 23.1 Å². The minimum atomic E-state index is -0.745. The summed E-state index contributed by atoms with van der Waals surface area (Å²) in [7, 11) is 0. The maximum absolute atomic E-state index is 13.9. The van der Waals surface area contributed by atoms with Crippen molar-refractivity contribution in [2.24, 2.45) is 0 Å². The number of carbonyl (C=O) groups excluding carboxylic acids is 1. The zero-order chi connectivity index (χ0) is 30.2. The molecule has 1 aliphatic carbocycles. The average Bonchev–Trinajstić information content (AvgIpc) is 3.69. The van der Waals surface area contributed by atoms with Crippen molar-refractivity contribution in [3.63, 3.8) is 0 Å². The smallest absolute Gasteiger partial charge is 0.257 e. The molecule has 5 aromatic rings. The van der Waals surface area contributed by atoms with Crippen molar-refractivity contribution in [3.8, 4) is 28.7 Å². The van der Waals surface area contributed by atoms with E-state index in [0.717, 1.165) is 74.2 Å². The third kappa shape index (κ3) is 5.54. The van der Waals surface area contributed by atoms with Crippen molar-refractivity contribution in [3.05, 3.63) is 84.1 Å². The molecule has 0 bridgehead atoms. The lowest BCUT2D eigenvalue weighted by molar-refractivity contribution is 0.102. The summed E-state index contributed by atoms with van der Waals surface area (Å²) in [5, 5.41) is 16.7. The Kier molecular flexibility index (Phi) is 7.31. The second kappa shape index (κ2) is 11.6. The quantitative estimate of drug-likeness (QED) is 0.232. The third-order valence-electron chi connectivity index (χ3n) is 8.25. The number of halogens is 2. The van der Waals surface area contributed by atoms with E-state index in [1.54, 1.807) is 22.8 Å². The molecule has 1 aromatic carbocycles. The lowest BCUT2D eigenvalue weighted by atomic mass is 10.0. The van der Waals surface area contributed by atoms with Gasteiger partial charge < -0.3 is 14.8 Å². The Hall–Kier alpha value is -5.02. The average molecular weight is 594 g/mol. The van der Waals surface area contributed by atoms with Crippen LogP contribution in [0.4, 0.5) is 14.6 Å². The van der Waals surface area contributed by atoms with E-state index in [2.05, 4.69) is 30.8 Å². The SMILES string of the molecule is N#CCCN1CCC(n2c(C3CC3)nc(-c3ccc(F)cc3)c2-c2ccc3nc(NC(=O)c4ccnc(F)c4)cn3n2)CC1. The molecule has 2 fully saturated rings. The molecule has 1 N–H and O–H groups in total. The largest absolute Gasteiger partial charge is 0.323 e. The van der Waals surface area contributed by atoms with Crippen LogP contribution in [0.5, 0.6) is 0 Å². The molecule has 5 heterocycles. The number of aromatic nitrogens is 6. The van der Waals surface area contributed by atoms with Gasteiger partial charge in [0.1, 0.15) is 17.3 Å². The van der Waals surface area contributed by atoms with Gasteiger partial charge in [0.2, 0.25) is 5.95 Å². The van der Waals surface area contributed by atoms with E-state index in [0.29, 0.717) is 23.7 Å². The molecule has 1 amide bonds. The number of carbonyl (C=O) groups is 1. The van der Waals surface area contributed by atoms with Gasteiger partial charge in [0.15, 0.2) is 11.5 Å². The van der Waals surface area contributed by atoms with Crippen LogP contribution in [0.15, 0.2) is 60.9 Å². The van der Waals surface area contributed by atoms with Crippen molar-refractivity contribution >= 4 is 17.4 Å². The summed E-state index contributed by atoms with van der Waals surface area (Å²) in [5.74, 6) is 0.0838. The number of benzene rings is 1. The number of nitriles is 1. The Morgan fingerprint density at radius 1 is 1.02 bits per heavy atom. The molecule has 0 atom stereocenters. The summed E-state index contributed by atoms with van der Waals surface area (Å²) < 4.78 is 31.4. The Morgan fingerprint density at radius 2 is 1.82 bits per heavy atom. The van der Waals surface area contributed by atoms with Gasteiger partial charge in [-0.15, -0.1) is 0 Å². The molecule has 222 valence electrons. The summed E-state index contributed by atoms with van der Waals surface area (Å²) in [5.41, 5.74) is 3.74. The molecule has 0 spiro atoms. The Balaban J connectivity index is 1.28. The molecule has 4 aromatic heterocycles. The zero-order valence-electron chi connectivity index (χ0n) is 23.8. The van der Waals surface area contributed by atoms with E-state index in [1.807, 2.05) is 12.1 Å². The maximum atomic E-state index is 13.9. The number of imidazole rings is 2. The van der Waals surface area contributed by atoms with Gasteiger partial charge in [0.05, 0.1) is 23.7 Å². The first kappa shape index (κ1) is 27.8. The van der Waals surface area contributed by atoms with Crippen LogP contribution in [-0.4, -0.2) is 59.6 Å². The summed E-state index contributed by atoms with van der Waals surface area (Å²) in [6.45, 7) is 2.54. The van der Waals surface area contributed by atoms with E-state index < -0.39 is 11.9 Å². The number of hydrogen-bond acceptors (Lipinski definition) is 7. The first-order valence-electron chi connectivity index (χ1n) is 14.7. The number of nitrogens with zero attached hydrogens (tertiary/aromatic N) is 8. The fraction of sp³-hybridized carbons (Fsp3) is 0.312. The number of rotatable bonds is 8. The molecule has 1 saturated heterocycles. The van der Waals surface area contributed by atoms with Crippen molar-refractivity contribution in [1.82, 2.24) is 34.0 Å². The molecule has 0 unspecified atom stereocenters. The molecule has 2 aliphatic rings. The second-order valence-corrected chi connectivity index (χ2v) is 11.3. The zero-order valence-corrected chi connectivity index (χ0v) is 23.8. The topological polar surface area (TPSA) is 117 Å². The van der Waals surface area contributed by atoms with Gasteiger partial charge in [-0.1, -0.05) is 0 Å². The molecule has 12 heteroatoms. The number of likely N-dealkylation sites (tertiary alicyclic amines) is 1. The highest BCUT2D eigenvalue weighted by atomic mass is 19.1. The van der Waals surface area contributed by atoms with Crippen LogP contribution in [0.2, 0.25) is 0 Å². The molecular weight excluding hydrogens is 564 g/mol. The van der Waals surface area contributed by atoms with Gasteiger partial charge in [-0.05, 0) is 68.1 Å². The van der Waals surface area contributed by atoms with Crippen molar-refractivity contribution < 1.29 is 13.6 Å². The van der Waals surface area contributed by atoms with Gasteiger partial charge >= 0.3 is 0 Å². The lowest BCUT2D eigenvalue weighted by Gasteiger charge is -2.33. The van der Waals surface area contributed by atoms with Gasteiger partial charge in [0.25, 0.3) is 5.91 Å². The molecule has 1 aliphatic heterocycles. The van der Waals surface area contributed by atoms with E-state index in [4.69, 9.17) is 15.3 Å². The monoisotopic (exact) mass is 593 g/mol. The minimum absolute atomic E-state index is 0.127. The highest BCUT2D eigenvalue weighted by molar-refractivity contribution is 6.03. The number of nitrogens with one attached hydrogen (secondary N) is 1. The normalized spacial score (nSPS) is 15.8. The molecule has 7 rings (SSSR count). The highest BCUT2D eigenvalue weighted by Gasteiger charge is 2.36. The molecule has 44 heavy (non-hydrogen) atoms. The first-order chi connectivity index (χ1) is 21.5. The predicted molar refractivity (Wildman–Crippen MR) is 159 cm³/mol. The van der Waals surface area contributed by atoms with Gasteiger partial charge in [0, 0.05) is 61.4 Å². The van der Waals surface area contributed by atoms with E-state index in [1.165, 1.54) is 24.4 Å². The number of anilines is 1. The van der Waals surface area contributed by atoms with Crippen molar-refractivity contribution in [1.29, 1.82) is 5.26 Å². The number of amides is 1.